The van der Waals surface area contributed by atoms with Crippen LogP contribution in [0, 0.1) is 12.8 Å². The first-order valence-electron chi connectivity index (χ1n) is 8.84. The standard InChI is InChI=1S/C17H26N2O3S2/c1-13-2-3-15(23-13)9-19-11-17(12-19)7-6-14(10-22-17)8-18-24(20,21)16-4-5-16/h2-3,14,16,18H,4-12H2,1H3/t14-/m0/s1. The van der Waals surface area contributed by atoms with Crippen LogP contribution in [0.25, 0.3) is 0 Å². The maximum absolute atomic E-state index is 11.9. The first-order chi connectivity index (χ1) is 11.4. The second kappa shape index (κ2) is 6.36. The summed E-state index contributed by atoms with van der Waals surface area (Å²) in [6, 6.07) is 4.40. The van der Waals surface area contributed by atoms with E-state index in [2.05, 4.69) is 28.7 Å². The minimum atomic E-state index is -3.06. The molecule has 0 amide bonds. The SMILES string of the molecule is Cc1ccc(CN2CC3(CC[C@@H](CNS(=O)(=O)C4CC4)CO3)C2)s1. The lowest BCUT2D eigenvalue weighted by Gasteiger charge is -2.52. The van der Waals surface area contributed by atoms with E-state index in [0.717, 1.165) is 45.3 Å². The topological polar surface area (TPSA) is 58.6 Å². The van der Waals surface area contributed by atoms with Gasteiger partial charge in [0.25, 0.3) is 0 Å². The fraction of sp³-hybridized carbons (Fsp3) is 0.765. The van der Waals surface area contributed by atoms with Crippen molar-refractivity contribution in [1.29, 1.82) is 0 Å². The number of rotatable bonds is 6. The number of nitrogens with zero attached hydrogens (tertiary/aromatic N) is 1. The summed E-state index contributed by atoms with van der Waals surface area (Å²) >= 11 is 1.87. The Morgan fingerprint density at radius 3 is 2.71 bits per heavy atom. The van der Waals surface area contributed by atoms with Gasteiger partial charge in [-0.15, -0.1) is 11.3 Å². The molecule has 0 radical (unpaired) electrons. The van der Waals surface area contributed by atoms with Gasteiger partial charge in [0.05, 0.1) is 17.5 Å². The van der Waals surface area contributed by atoms with Crippen molar-refractivity contribution in [3.8, 4) is 0 Å². The molecule has 0 bridgehead atoms. The zero-order chi connectivity index (χ0) is 16.8. The van der Waals surface area contributed by atoms with Crippen molar-refractivity contribution < 1.29 is 13.2 Å². The third-order valence-electron chi connectivity index (χ3n) is 5.37. The number of hydrogen-bond donors (Lipinski definition) is 1. The summed E-state index contributed by atoms with van der Waals surface area (Å²) in [5, 5.41) is -0.130. The minimum Gasteiger partial charge on any atom is -0.372 e. The molecule has 1 aromatic rings. The Morgan fingerprint density at radius 2 is 2.12 bits per heavy atom. The lowest BCUT2D eigenvalue weighted by atomic mass is 9.83. The van der Waals surface area contributed by atoms with Gasteiger partial charge in [0.1, 0.15) is 0 Å². The zero-order valence-electron chi connectivity index (χ0n) is 14.2. The summed E-state index contributed by atoms with van der Waals surface area (Å²) in [7, 11) is -3.06. The molecule has 2 saturated heterocycles. The van der Waals surface area contributed by atoms with Crippen LogP contribution in [-0.2, 0) is 21.3 Å². The van der Waals surface area contributed by atoms with Gasteiger partial charge in [0.15, 0.2) is 0 Å². The second-order valence-electron chi connectivity index (χ2n) is 7.65. The number of ether oxygens (including phenoxy) is 1. The van der Waals surface area contributed by atoms with Crippen LogP contribution in [0.2, 0.25) is 0 Å². The Morgan fingerprint density at radius 1 is 1.33 bits per heavy atom. The molecule has 1 N–H and O–H groups in total. The second-order valence-corrected chi connectivity index (χ2v) is 11.1. The Hall–Kier alpha value is -0.470. The molecule has 3 aliphatic rings. The van der Waals surface area contributed by atoms with Crippen LogP contribution in [0.15, 0.2) is 12.1 Å². The molecule has 7 heteroatoms. The van der Waals surface area contributed by atoms with Gasteiger partial charge in [-0.1, -0.05) is 0 Å². The van der Waals surface area contributed by atoms with Crippen LogP contribution < -0.4 is 4.72 Å². The molecule has 0 aromatic carbocycles. The lowest BCUT2D eigenvalue weighted by Crippen LogP contribution is -2.64. The predicted octanol–water partition coefficient (Wildman–Crippen LogP) is 2.12. The van der Waals surface area contributed by atoms with Gasteiger partial charge in [0.2, 0.25) is 10.0 Å². The van der Waals surface area contributed by atoms with Gasteiger partial charge in [-0.3, -0.25) is 4.90 Å². The van der Waals surface area contributed by atoms with Crippen LogP contribution in [0.1, 0.15) is 35.4 Å². The molecule has 2 aliphatic heterocycles. The molecular weight excluding hydrogens is 344 g/mol. The van der Waals surface area contributed by atoms with Crippen molar-refractivity contribution in [2.45, 2.75) is 50.0 Å². The van der Waals surface area contributed by atoms with E-state index in [0.29, 0.717) is 19.1 Å². The molecule has 3 fully saturated rings. The first-order valence-corrected chi connectivity index (χ1v) is 11.2. The van der Waals surface area contributed by atoms with E-state index in [4.69, 9.17) is 4.74 Å². The van der Waals surface area contributed by atoms with Gasteiger partial charge < -0.3 is 4.74 Å². The highest BCUT2D eigenvalue weighted by Gasteiger charge is 2.46. The van der Waals surface area contributed by atoms with E-state index in [1.807, 2.05) is 11.3 Å². The maximum Gasteiger partial charge on any atom is 0.214 e. The molecule has 1 spiro atoms. The van der Waals surface area contributed by atoms with E-state index in [1.165, 1.54) is 9.75 Å². The normalized spacial score (nSPS) is 27.3. The predicted molar refractivity (Wildman–Crippen MR) is 95.7 cm³/mol. The van der Waals surface area contributed by atoms with E-state index >= 15 is 0 Å². The van der Waals surface area contributed by atoms with E-state index in [-0.39, 0.29) is 10.9 Å². The third-order valence-corrected chi connectivity index (χ3v) is 8.27. The average molecular weight is 371 g/mol. The number of nitrogens with one attached hydrogen (secondary N) is 1. The van der Waals surface area contributed by atoms with E-state index < -0.39 is 10.0 Å². The van der Waals surface area contributed by atoms with Gasteiger partial charge >= 0.3 is 0 Å². The lowest BCUT2D eigenvalue weighted by molar-refractivity contribution is -0.180. The van der Waals surface area contributed by atoms with Gasteiger partial charge in [0, 0.05) is 35.9 Å². The van der Waals surface area contributed by atoms with Gasteiger partial charge in [-0.25, -0.2) is 13.1 Å². The summed E-state index contributed by atoms with van der Waals surface area (Å²) in [5.74, 6) is 0.318. The molecule has 134 valence electrons. The Balaban J connectivity index is 1.20. The Bertz CT molecular complexity index is 680. The van der Waals surface area contributed by atoms with Crippen molar-refractivity contribution in [2.24, 2.45) is 5.92 Å². The number of thiophene rings is 1. The Labute approximate surface area is 148 Å². The fourth-order valence-electron chi connectivity index (χ4n) is 3.73. The molecule has 24 heavy (non-hydrogen) atoms. The van der Waals surface area contributed by atoms with Crippen molar-refractivity contribution in [3.05, 3.63) is 21.9 Å². The molecule has 1 saturated carbocycles. The summed E-state index contributed by atoms with van der Waals surface area (Å²) in [6.45, 7) is 6.39. The molecule has 4 rings (SSSR count). The zero-order valence-corrected chi connectivity index (χ0v) is 15.8. The monoisotopic (exact) mass is 370 g/mol. The quantitative estimate of drug-likeness (QED) is 0.833. The van der Waals surface area contributed by atoms with E-state index in [9.17, 15) is 8.42 Å². The highest BCUT2D eigenvalue weighted by Crippen LogP contribution is 2.37. The molecule has 0 unspecified atom stereocenters. The summed E-state index contributed by atoms with van der Waals surface area (Å²) < 4.78 is 32.7. The number of sulfonamides is 1. The molecule has 1 aliphatic carbocycles. The third kappa shape index (κ3) is 3.70. The smallest absolute Gasteiger partial charge is 0.214 e. The molecule has 3 heterocycles. The van der Waals surface area contributed by atoms with Gasteiger partial charge in [-0.2, -0.15) is 0 Å². The summed E-state index contributed by atoms with van der Waals surface area (Å²) in [6.07, 6.45) is 3.74. The van der Waals surface area contributed by atoms with E-state index in [1.54, 1.807) is 0 Å². The molecular formula is C17H26N2O3S2. The van der Waals surface area contributed by atoms with Crippen molar-refractivity contribution >= 4 is 21.4 Å². The minimum absolute atomic E-state index is 0.0260. The largest absolute Gasteiger partial charge is 0.372 e. The molecule has 5 nitrogen and oxygen atoms in total. The summed E-state index contributed by atoms with van der Waals surface area (Å²) in [4.78, 5) is 5.23. The van der Waals surface area contributed by atoms with Crippen LogP contribution in [0.4, 0.5) is 0 Å². The average Bonchev–Trinajstić information content (AvgIpc) is 3.30. The highest BCUT2D eigenvalue weighted by atomic mass is 32.2. The number of likely N-dealkylation sites (tertiary alicyclic amines) is 1. The van der Waals surface area contributed by atoms with Crippen LogP contribution in [0.5, 0.6) is 0 Å². The maximum atomic E-state index is 11.9. The first kappa shape index (κ1) is 17.0. The molecule has 1 aromatic heterocycles. The fourth-order valence-corrected chi connectivity index (χ4v) is 6.12. The van der Waals surface area contributed by atoms with Gasteiger partial charge in [-0.05, 0) is 50.7 Å². The summed E-state index contributed by atoms with van der Waals surface area (Å²) in [5.41, 5.74) is 0.0260. The van der Waals surface area contributed by atoms with Crippen LogP contribution in [0.3, 0.4) is 0 Å². The van der Waals surface area contributed by atoms with Crippen molar-refractivity contribution in [3.63, 3.8) is 0 Å². The highest BCUT2D eigenvalue weighted by molar-refractivity contribution is 7.90. The van der Waals surface area contributed by atoms with Crippen LogP contribution >= 0.6 is 11.3 Å². The van der Waals surface area contributed by atoms with Crippen molar-refractivity contribution in [1.82, 2.24) is 9.62 Å². The number of aryl methyl sites for hydroxylation is 1. The van der Waals surface area contributed by atoms with Crippen molar-refractivity contribution in [2.75, 3.05) is 26.2 Å². The number of hydrogen-bond acceptors (Lipinski definition) is 5. The van der Waals surface area contributed by atoms with Crippen LogP contribution in [-0.4, -0.2) is 50.4 Å². The molecule has 1 atom stereocenters. The Kier molecular flexibility index (Phi) is 4.50.